The maximum Gasteiger partial charge on any atom is 0.204 e. The first-order chi connectivity index (χ1) is 18.7. The minimum Gasteiger partial charge on any atom is -0.493 e. The van der Waals surface area contributed by atoms with E-state index < -0.39 is 0 Å². The number of anilines is 1. The molecule has 0 unspecified atom stereocenters. The van der Waals surface area contributed by atoms with E-state index in [0.29, 0.717) is 25.0 Å². The molecule has 8 heteroatoms. The van der Waals surface area contributed by atoms with Crippen LogP contribution >= 0.6 is 11.3 Å². The smallest absolute Gasteiger partial charge is 0.204 e. The summed E-state index contributed by atoms with van der Waals surface area (Å²) in [5.74, 6) is 2.88. The van der Waals surface area contributed by atoms with Gasteiger partial charge in [-0.25, -0.2) is 4.98 Å². The van der Waals surface area contributed by atoms with Gasteiger partial charge in [0.1, 0.15) is 24.1 Å². The van der Waals surface area contributed by atoms with E-state index in [4.69, 9.17) is 9.47 Å². The summed E-state index contributed by atoms with van der Waals surface area (Å²) in [6, 6.07) is 13.9. The van der Waals surface area contributed by atoms with Crippen LogP contribution in [-0.2, 0) is 9.59 Å². The van der Waals surface area contributed by atoms with Crippen LogP contribution < -0.4 is 14.9 Å². The van der Waals surface area contributed by atoms with Crippen LogP contribution in [0.5, 0.6) is 11.5 Å². The zero-order valence-corrected chi connectivity index (χ0v) is 22.4. The Morgan fingerprint density at radius 1 is 0.868 bits per heavy atom. The van der Waals surface area contributed by atoms with Gasteiger partial charge in [-0.2, -0.15) is 5.10 Å². The first-order valence-corrected chi connectivity index (χ1v) is 14.5. The highest BCUT2D eigenvalue weighted by Crippen LogP contribution is 2.31. The van der Waals surface area contributed by atoms with Crippen LogP contribution in [0.2, 0.25) is 0 Å². The zero-order chi connectivity index (χ0) is 26.2. The minimum absolute atomic E-state index is 0.201. The number of nitrogens with zero attached hydrogens (tertiary/aromatic N) is 2. The van der Waals surface area contributed by atoms with Crippen LogP contribution in [0.15, 0.2) is 47.6 Å². The van der Waals surface area contributed by atoms with Crippen molar-refractivity contribution in [3.05, 3.63) is 48.0 Å². The Labute approximate surface area is 227 Å². The molecule has 3 aromatic rings. The van der Waals surface area contributed by atoms with E-state index in [1.807, 2.05) is 42.5 Å². The lowest BCUT2D eigenvalue weighted by molar-refractivity contribution is -0.112. The average Bonchev–Trinajstić information content (AvgIpc) is 3.39. The highest BCUT2D eigenvalue weighted by atomic mass is 32.1. The summed E-state index contributed by atoms with van der Waals surface area (Å²) in [6.07, 6.45) is 11.8. The first-order valence-electron chi connectivity index (χ1n) is 13.6. The van der Waals surface area contributed by atoms with Crippen molar-refractivity contribution in [3.63, 3.8) is 0 Å². The maximum atomic E-state index is 11.1. The molecule has 7 nitrogen and oxygen atoms in total. The zero-order valence-electron chi connectivity index (χ0n) is 21.6. The highest BCUT2D eigenvalue weighted by Gasteiger charge is 2.22. The fourth-order valence-electron chi connectivity index (χ4n) is 5.33. The number of carbonyl (C=O) groups is 2. The van der Waals surface area contributed by atoms with Crippen molar-refractivity contribution in [1.82, 2.24) is 4.98 Å². The van der Waals surface area contributed by atoms with Crippen LogP contribution in [-0.4, -0.2) is 37.0 Å². The van der Waals surface area contributed by atoms with E-state index in [9.17, 15) is 9.59 Å². The van der Waals surface area contributed by atoms with Crippen LogP contribution in [0.4, 0.5) is 5.13 Å². The molecule has 1 N–H and O–H groups in total. The summed E-state index contributed by atoms with van der Waals surface area (Å²) in [4.78, 5) is 26.7. The topological polar surface area (TPSA) is 89.9 Å². The number of hydrazone groups is 1. The quantitative estimate of drug-likeness (QED) is 0.172. The van der Waals surface area contributed by atoms with Crippen LogP contribution in [0.25, 0.3) is 10.2 Å². The number of hydrogen-bond donors (Lipinski definition) is 1. The lowest BCUT2D eigenvalue weighted by Gasteiger charge is -2.26. The predicted molar refractivity (Wildman–Crippen MR) is 151 cm³/mol. The molecule has 5 rings (SSSR count). The largest absolute Gasteiger partial charge is 0.493 e. The SMILES string of the molecule is O=CC1CCC(COc2ccc(OCC3CCC(C=O)CC3)c(/C=N/Nc3nc4ccccc4s3)c2)CC1. The molecule has 2 aromatic carbocycles. The number of thiazole rings is 1. The van der Waals surface area contributed by atoms with E-state index in [1.54, 1.807) is 17.6 Å². The van der Waals surface area contributed by atoms with Crippen LogP contribution in [0.1, 0.15) is 56.9 Å². The second-order valence-electron chi connectivity index (χ2n) is 10.5. The fraction of sp³-hybridized carbons (Fsp3) is 0.467. The molecule has 0 spiro atoms. The molecule has 0 amide bonds. The molecule has 2 saturated carbocycles. The fourth-order valence-corrected chi connectivity index (χ4v) is 6.14. The lowest BCUT2D eigenvalue weighted by atomic mass is 9.83. The molecule has 38 heavy (non-hydrogen) atoms. The van der Waals surface area contributed by atoms with E-state index in [1.165, 1.54) is 0 Å². The number of aromatic nitrogens is 1. The third-order valence-electron chi connectivity index (χ3n) is 7.77. The number of benzene rings is 2. The van der Waals surface area contributed by atoms with Crippen molar-refractivity contribution in [2.75, 3.05) is 18.6 Å². The van der Waals surface area contributed by atoms with Gasteiger partial charge in [0.15, 0.2) is 0 Å². The van der Waals surface area contributed by atoms with Gasteiger partial charge in [0.05, 0.1) is 29.6 Å². The molecule has 2 fully saturated rings. The third-order valence-corrected chi connectivity index (χ3v) is 8.71. The Hall–Kier alpha value is -3.26. The number of ether oxygens (including phenoxy) is 2. The standard InChI is InChI=1S/C30H35N3O4S/c34-17-21-5-9-23(10-6-21)19-36-26-13-14-28(37-20-24-11-7-22(18-35)8-12-24)25(15-26)16-31-33-30-32-27-3-1-2-4-29(27)38-30/h1-4,13-18,21-24H,5-12,19-20H2,(H,32,33)/b31-16+. The number of rotatable bonds is 11. The molecular formula is C30H35N3O4S. The molecule has 200 valence electrons. The van der Waals surface area contributed by atoms with Gasteiger partial charge in [0.25, 0.3) is 0 Å². The second-order valence-corrected chi connectivity index (χ2v) is 11.5. The Balaban J connectivity index is 1.24. The monoisotopic (exact) mass is 533 g/mol. The number of hydrogen-bond acceptors (Lipinski definition) is 8. The normalized spacial score (nSPS) is 23.8. The molecule has 1 aromatic heterocycles. The molecular weight excluding hydrogens is 498 g/mol. The summed E-state index contributed by atoms with van der Waals surface area (Å²) in [5, 5.41) is 5.19. The van der Waals surface area contributed by atoms with Gasteiger partial charge in [-0.3, -0.25) is 5.43 Å². The van der Waals surface area contributed by atoms with Gasteiger partial charge in [-0.1, -0.05) is 23.5 Å². The molecule has 0 atom stereocenters. The van der Waals surface area contributed by atoms with Crippen LogP contribution in [0.3, 0.4) is 0 Å². The number of nitrogens with one attached hydrogen (secondary N) is 1. The number of carbonyl (C=O) groups excluding carboxylic acids is 2. The molecule has 0 saturated heterocycles. The van der Waals surface area contributed by atoms with Gasteiger partial charge in [-0.15, -0.1) is 0 Å². The predicted octanol–water partition coefficient (Wildman–Crippen LogP) is 6.51. The van der Waals surface area contributed by atoms with Crippen LogP contribution in [0, 0.1) is 23.7 Å². The Morgan fingerprint density at radius 2 is 1.53 bits per heavy atom. The first kappa shape index (κ1) is 26.4. The van der Waals surface area contributed by atoms with Crippen molar-refractivity contribution in [3.8, 4) is 11.5 Å². The lowest BCUT2D eigenvalue weighted by Crippen LogP contribution is -2.21. The van der Waals surface area contributed by atoms with Crippen molar-refractivity contribution in [2.45, 2.75) is 51.4 Å². The minimum atomic E-state index is 0.201. The number of fused-ring (bicyclic) bond motifs is 1. The van der Waals surface area contributed by atoms with Gasteiger partial charge >= 0.3 is 0 Å². The van der Waals surface area contributed by atoms with Crippen molar-refractivity contribution in [1.29, 1.82) is 0 Å². The molecule has 0 radical (unpaired) electrons. The second kappa shape index (κ2) is 13.0. The Bertz CT molecular complexity index is 1210. The van der Waals surface area contributed by atoms with Crippen molar-refractivity contribution < 1.29 is 19.1 Å². The Kier molecular flexibility index (Phi) is 9.02. The number of para-hydroxylation sites is 1. The van der Waals surface area contributed by atoms with Gasteiger partial charge < -0.3 is 19.1 Å². The van der Waals surface area contributed by atoms with Crippen molar-refractivity contribution >= 4 is 45.5 Å². The molecule has 1 heterocycles. The maximum absolute atomic E-state index is 11.1. The molecule has 2 aliphatic carbocycles. The van der Waals surface area contributed by atoms with Gasteiger partial charge in [0.2, 0.25) is 5.13 Å². The molecule has 2 aliphatic rings. The summed E-state index contributed by atoms with van der Waals surface area (Å²) in [7, 11) is 0. The Morgan fingerprint density at radius 3 is 2.18 bits per heavy atom. The van der Waals surface area contributed by atoms with E-state index >= 15 is 0 Å². The van der Waals surface area contributed by atoms with E-state index in [2.05, 4.69) is 15.5 Å². The highest BCUT2D eigenvalue weighted by molar-refractivity contribution is 7.22. The van der Waals surface area contributed by atoms with Crippen molar-refractivity contribution in [2.24, 2.45) is 28.8 Å². The van der Waals surface area contributed by atoms with Gasteiger partial charge in [0, 0.05) is 17.4 Å². The summed E-state index contributed by atoms with van der Waals surface area (Å²) in [5.41, 5.74) is 4.84. The summed E-state index contributed by atoms with van der Waals surface area (Å²) >= 11 is 1.56. The third kappa shape index (κ3) is 6.98. The summed E-state index contributed by atoms with van der Waals surface area (Å²) in [6.45, 7) is 1.27. The van der Waals surface area contributed by atoms with E-state index in [-0.39, 0.29) is 11.8 Å². The molecule has 0 bridgehead atoms. The molecule has 0 aliphatic heterocycles. The number of aldehydes is 2. The van der Waals surface area contributed by atoms with Gasteiger partial charge in [-0.05, 0) is 93.5 Å². The van der Waals surface area contributed by atoms with E-state index in [0.717, 1.165) is 96.3 Å². The average molecular weight is 534 g/mol. The summed E-state index contributed by atoms with van der Waals surface area (Å²) < 4.78 is 13.5.